The molecule has 1 aromatic heterocycles. The van der Waals surface area contributed by atoms with Crippen molar-refractivity contribution in [1.29, 1.82) is 0 Å². The number of benzene rings is 2. The molecule has 0 radical (unpaired) electrons. The standard InChI is InChI=1S/C22H21BrClN3O3/c1-2-3-11-26-14-19(20(28)25-13-15-7-9-16(23)10-8-15)21(29)27(22(26)30)18-6-4-5-17(24)12-18/h4-10,12,14H,2-3,11,13H2,1H3,(H,25,28). The van der Waals surface area contributed by atoms with E-state index in [4.69, 9.17) is 11.6 Å². The third-order valence-electron chi connectivity index (χ3n) is 4.59. The molecule has 2 aromatic carbocycles. The summed E-state index contributed by atoms with van der Waals surface area (Å²) in [5.74, 6) is -0.538. The van der Waals surface area contributed by atoms with Gasteiger partial charge in [0.25, 0.3) is 11.5 Å². The molecule has 6 nitrogen and oxygen atoms in total. The highest BCUT2D eigenvalue weighted by molar-refractivity contribution is 9.10. The Bertz CT molecular complexity index is 1170. The molecular formula is C22H21BrClN3O3. The Morgan fingerprint density at radius 3 is 2.53 bits per heavy atom. The van der Waals surface area contributed by atoms with Gasteiger partial charge in [-0.3, -0.25) is 14.2 Å². The number of aryl methyl sites for hydroxylation is 1. The van der Waals surface area contributed by atoms with Gasteiger partial charge in [0.05, 0.1) is 5.69 Å². The predicted molar refractivity (Wildman–Crippen MR) is 122 cm³/mol. The van der Waals surface area contributed by atoms with Crippen LogP contribution >= 0.6 is 27.5 Å². The molecule has 0 saturated carbocycles. The van der Waals surface area contributed by atoms with Gasteiger partial charge in [0.15, 0.2) is 0 Å². The molecule has 156 valence electrons. The second-order valence-electron chi connectivity index (χ2n) is 6.80. The molecule has 0 spiro atoms. The first-order valence-corrected chi connectivity index (χ1v) is 10.7. The minimum absolute atomic E-state index is 0.0946. The lowest BCUT2D eigenvalue weighted by Gasteiger charge is -2.13. The molecule has 3 rings (SSSR count). The Balaban J connectivity index is 2.01. The van der Waals surface area contributed by atoms with Crippen LogP contribution in [0.3, 0.4) is 0 Å². The molecule has 0 atom stereocenters. The maximum absolute atomic E-state index is 13.1. The third-order valence-corrected chi connectivity index (χ3v) is 5.35. The molecule has 0 saturated heterocycles. The Labute approximate surface area is 187 Å². The van der Waals surface area contributed by atoms with E-state index in [9.17, 15) is 14.4 Å². The summed E-state index contributed by atoms with van der Waals surface area (Å²) in [5.41, 5.74) is -0.0578. The van der Waals surface area contributed by atoms with E-state index in [-0.39, 0.29) is 12.1 Å². The SMILES string of the molecule is CCCCn1cc(C(=O)NCc2ccc(Br)cc2)c(=O)n(-c2cccc(Cl)c2)c1=O. The number of carbonyl (C=O) groups is 1. The number of carbonyl (C=O) groups excluding carboxylic acids is 1. The van der Waals surface area contributed by atoms with Crippen molar-refractivity contribution >= 4 is 33.4 Å². The molecule has 0 bridgehead atoms. The lowest BCUT2D eigenvalue weighted by molar-refractivity contribution is 0.0948. The second kappa shape index (κ2) is 9.91. The van der Waals surface area contributed by atoms with Crippen molar-refractivity contribution in [2.24, 2.45) is 0 Å². The van der Waals surface area contributed by atoms with Crippen LogP contribution in [0.4, 0.5) is 0 Å². The maximum atomic E-state index is 13.1. The first kappa shape index (κ1) is 22.1. The third kappa shape index (κ3) is 5.09. The van der Waals surface area contributed by atoms with Crippen LogP contribution in [0.15, 0.2) is 68.8 Å². The molecule has 1 N–H and O–H groups in total. The minimum atomic E-state index is -0.677. The van der Waals surface area contributed by atoms with Gasteiger partial charge >= 0.3 is 5.69 Å². The summed E-state index contributed by atoms with van der Waals surface area (Å²) in [7, 11) is 0. The summed E-state index contributed by atoms with van der Waals surface area (Å²) in [6, 6.07) is 13.9. The van der Waals surface area contributed by atoms with E-state index in [0.717, 1.165) is 27.4 Å². The first-order valence-electron chi connectivity index (χ1n) is 9.55. The number of nitrogens with one attached hydrogen (secondary N) is 1. The van der Waals surface area contributed by atoms with E-state index in [1.165, 1.54) is 16.8 Å². The van der Waals surface area contributed by atoms with Gasteiger partial charge < -0.3 is 5.32 Å². The van der Waals surface area contributed by atoms with Gasteiger partial charge in [-0.25, -0.2) is 9.36 Å². The maximum Gasteiger partial charge on any atom is 0.335 e. The van der Waals surface area contributed by atoms with Crippen molar-refractivity contribution < 1.29 is 4.79 Å². The lowest BCUT2D eigenvalue weighted by Crippen LogP contribution is -2.43. The number of hydrogen-bond donors (Lipinski definition) is 1. The van der Waals surface area contributed by atoms with E-state index in [1.54, 1.807) is 18.2 Å². The highest BCUT2D eigenvalue weighted by Crippen LogP contribution is 2.13. The molecule has 0 unspecified atom stereocenters. The number of rotatable bonds is 7. The quantitative estimate of drug-likeness (QED) is 0.541. The number of amides is 1. The van der Waals surface area contributed by atoms with E-state index in [2.05, 4.69) is 21.2 Å². The number of unbranched alkanes of at least 4 members (excludes halogenated alkanes) is 1. The Morgan fingerprint density at radius 2 is 1.87 bits per heavy atom. The van der Waals surface area contributed by atoms with Gasteiger partial charge in [-0.15, -0.1) is 0 Å². The lowest BCUT2D eigenvalue weighted by atomic mass is 10.2. The van der Waals surface area contributed by atoms with Gasteiger partial charge in [-0.05, 0) is 42.3 Å². The van der Waals surface area contributed by atoms with Gasteiger partial charge in [-0.1, -0.05) is 59.1 Å². The van der Waals surface area contributed by atoms with Crippen molar-refractivity contribution in [2.75, 3.05) is 0 Å². The minimum Gasteiger partial charge on any atom is -0.348 e. The smallest absolute Gasteiger partial charge is 0.335 e. The zero-order chi connectivity index (χ0) is 21.7. The predicted octanol–water partition coefficient (Wildman–Crippen LogP) is 4.15. The topological polar surface area (TPSA) is 73.1 Å². The monoisotopic (exact) mass is 489 g/mol. The summed E-state index contributed by atoms with van der Waals surface area (Å²) in [4.78, 5) is 38.8. The fourth-order valence-corrected chi connectivity index (χ4v) is 3.42. The molecule has 30 heavy (non-hydrogen) atoms. The molecule has 8 heteroatoms. The van der Waals surface area contributed by atoms with E-state index in [0.29, 0.717) is 17.3 Å². The average Bonchev–Trinajstić information content (AvgIpc) is 2.73. The number of aromatic nitrogens is 2. The van der Waals surface area contributed by atoms with Gasteiger partial charge in [0.2, 0.25) is 0 Å². The van der Waals surface area contributed by atoms with Gasteiger partial charge in [-0.2, -0.15) is 0 Å². The van der Waals surface area contributed by atoms with E-state index in [1.807, 2.05) is 31.2 Å². The summed E-state index contributed by atoms with van der Waals surface area (Å²) in [6.07, 6.45) is 2.96. The van der Waals surface area contributed by atoms with E-state index >= 15 is 0 Å². The number of hydrogen-bond acceptors (Lipinski definition) is 3. The van der Waals surface area contributed by atoms with Crippen LogP contribution in [0.5, 0.6) is 0 Å². The van der Waals surface area contributed by atoms with Crippen LogP contribution < -0.4 is 16.6 Å². The first-order chi connectivity index (χ1) is 14.4. The van der Waals surface area contributed by atoms with Crippen molar-refractivity contribution in [1.82, 2.24) is 14.5 Å². The Hall–Kier alpha value is -2.64. The molecule has 1 heterocycles. The van der Waals surface area contributed by atoms with Crippen molar-refractivity contribution in [3.05, 3.63) is 96.2 Å². The van der Waals surface area contributed by atoms with E-state index < -0.39 is 17.2 Å². The van der Waals surface area contributed by atoms with Crippen LogP contribution in [0, 0.1) is 0 Å². The highest BCUT2D eigenvalue weighted by Gasteiger charge is 2.18. The summed E-state index contributed by atoms with van der Waals surface area (Å²) >= 11 is 9.42. The molecule has 0 aliphatic rings. The van der Waals surface area contributed by atoms with Gasteiger partial charge in [0.1, 0.15) is 5.56 Å². The zero-order valence-corrected chi connectivity index (χ0v) is 18.7. The normalized spacial score (nSPS) is 10.8. The van der Waals surface area contributed by atoms with Crippen LogP contribution in [0.1, 0.15) is 35.7 Å². The fourth-order valence-electron chi connectivity index (χ4n) is 2.97. The Morgan fingerprint density at radius 1 is 1.13 bits per heavy atom. The van der Waals surface area contributed by atoms with Crippen LogP contribution in [-0.4, -0.2) is 15.0 Å². The number of nitrogens with zero attached hydrogens (tertiary/aromatic N) is 2. The van der Waals surface area contributed by atoms with Gasteiger partial charge in [0, 0.05) is 28.8 Å². The Kier molecular flexibility index (Phi) is 7.29. The number of halogens is 2. The summed E-state index contributed by atoms with van der Waals surface area (Å²) in [5, 5.41) is 3.15. The van der Waals surface area contributed by atoms with Crippen molar-refractivity contribution in [2.45, 2.75) is 32.9 Å². The van der Waals surface area contributed by atoms with Crippen LogP contribution in [0.2, 0.25) is 5.02 Å². The molecule has 0 aliphatic carbocycles. The van der Waals surface area contributed by atoms with Crippen LogP contribution in [-0.2, 0) is 13.1 Å². The second-order valence-corrected chi connectivity index (χ2v) is 8.15. The molecular weight excluding hydrogens is 470 g/mol. The van der Waals surface area contributed by atoms with Crippen molar-refractivity contribution in [3.8, 4) is 5.69 Å². The average molecular weight is 491 g/mol. The molecule has 0 fully saturated rings. The largest absolute Gasteiger partial charge is 0.348 e. The molecule has 0 aliphatic heterocycles. The highest BCUT2D eigenvalue weighted by atomic mass is 79.9. The summed E-state index contributed by atoms with van der Waals surface area (Å²) < 4.78 is 3.33. The van der Waals surface area contributed by atoms with Crippen molar-refractivity contribution in [3.63, 3.8) is 0 Å². The molecule has 3 aromatic rings. The zero-order valence-electron chi connectivity index (χ0n) is 16.4. The summed E-state index contributed by atoms with van der Waals surface area (Å²) in [6.45, 7) is 2.67. The van der Waals surface area contributed by atoms with Crippen LogP contribution in [0.25, 0.3) is 5.69 Å². The fraction of sp³-hybridized carbons (Fsp3) is 0.227. The molecule has 1 amide bonds.